The van der Waals surface area contributed by atoms with Gasteiger partial charge in [0.15, 0.2) is 0 Å². The van der Waals surface area contributed by atoms with E-state index in [1.165, 1.54) is 6.07 Å². The molecule has 0 bridgehead atoms. The summed E-state index contributed by atoms with van der Waals surface area (Å²) in [6, 6.07) is 4.79. The number of hydrogen-bond donors (Lipinski definition) is 1. The Morgan fingerprint density at radius 2 is 2.19 bits per heavy atom. The van der Waals surface area contributed by atoms with Gasteiger partial charge in [0.05, 0.1) is 12.5 Å². The van der Waals surface area contributed by atoms with Crippen molar-refractivity contribution < 1.29 is 9.13 Å². The van der Waals surface area contributed by atoms with Gasteiger partial charge in [0.25, 0.3) is 0 Å². The molecule has 1 N–H and O–H groups in total. The number of pyridine rings is 1. The normalized spacial score (nSPS) is 10.4. The Labute approximate surface area is 93.3 Å². The molecular formula is C12H13FN2O. The van der Waals surface area contributed by atoms with Crippen LogP contribution in [0, 0.1) is 5.82 Å². The molecule has 84 valence electrons. The Balaban J connectivity index is 2.77. The van der Waals surface area contributed by atoms with Crippen LogP contribution in [0.25, 0.3) is 10.9 Å². The van der Waals surface area contributed by atoms with Crippen LogP contribution in [0.4, 0.5) is 10.1 Å². The highest BCUT2D eigenvalue weighted by Crippen LogP contribution is 2.32. The minimum atomic E-state index is -0.337. The van der Waals surface area contributed by atoms with E-state index in [0.717, 1.165) is 12.2 Å². The smallest absolute Gasteiger partial charge is 0.149 e. The van der Waals surface area contributed by atoms with Gasteiger partial charge in [-0.25, -0.2) is 4.39 Å². The summed E-state index contributed by atoms with van der Waals surface area (Å²) in [7, 11) is 1.56. The Kier molecular flexibility index (Phi) is 2.90. The Bertz CT molecular complexity index is 514. The number of anilines is 1. The van der Waals surface area contributed by atoms with Crippen molar-refractivity contribution in [2.45, 2.75) is 6.92 Å². The molecule has 0 atom stereocenters. The lowest BCUT2D eigenvalue weighted by Gasteiger charge is -2.11. The van der Waals surface area contributed by atoms with Crippen molar-refractivity contribution in [2.75, 3.05) is 19.0 Å². The van der Waals surface area contributed by atoms with Gasteiger partial charge in [0.1, 0.15) is 17.1 Å². The fourth-order valence-corrected chi connectivity index (χ4v) is 1.71. The van der Waals surface area contributed by atoms with Gasteiger partial charge in [0.2, 0.25) is 0 Å². The highest BCUT2D eigenvalue weighted by Gasteiger charge is 2.11. The van der Waals surface area contributed by atoms with Gasteiger partial charge < -0.3 is 10.1 Å². The molecule has 4 heteroatoms. The lowest BCUT2D eigenvalue weighted by Crippen LogP contribution is -2.00. The highest BCUT2D eigenvalue weighted by molar-refractivity contribution is 5.96. The average molecular weight is 220 g/mol. The lowest BCUT2D eigenvalue weighted by atomic mass is 10.1. The van der Waals surface area contributed by atoms with Crippen molar-refractivity contribution >= 4 is 16.6 Å². The third kappa shape index (κ3) is 1.66. The third-order valence-corrected chi connectivity index (χ3v) is 2.39. The van der Waals surface area contributed by atoms with E-state index < -0.39 is 0 Å². The summed E-state index contributed by atoms with van der Waals surface area (Å²) in [6.07, 6.45) is 1.59. The number of aromatic nitrogens is 1. The first-order chi connectivity index (χ1) is 7.77. The summed E-state index contributed by atoms with van der Waals surface area (Å²) in [4.78, 5) is 4.04. The summed E-state index contributed by atoms with van der Waals surface area (Å²) in [5.74, 6) is 0.288. The molecule has 0 aliphatic heterocycles. The van der Waals surface area contributed by atoms with Crippen LogP contribution < -0.4 is 10.1 Å². The number of nitrogens with one attached hydrogen (secondary N) is 1. The monoisotopic (exact) mass is 220 g/mol. The molecule has 0 aliphatic rings. The fraction of sp³-hybridized carbons (Fsp3) is 0.250. The molecule has 1 heterocycles. The minimum Gasteiger partial charge on any atom is -0.496 e. The number of ether oxygens (including phenoxy) is 1. The van der Waals surface area contributed by atoms with Crippen LogP contribution in [0.1, 0.15) is 6.92 Å². The van der Waals surface area contributed by atoms with E-state index in [1.54, 1.807) is 19.4 Å². The van der Waals surface area contributed by atoms with E-state index in [9.17, 15) is 4.39 Å². The van der Waals surface area contributed by atoms with Gasteiger partial charge >= 0.3 is 0 Å². The predicted octanol–water partition coefficient (Wildman–Crippen LogP) is 2.81. The number of methoxy groups -OCH3 is 1. The van der Waals surface area contributed by atoms with Crippen molar-refractivity contribution in [3.8, 4) is 5.75 Å². The SMILES string of the molecule is CCNc1ccnc2c(F)ccc(OC)c12. The number of rotatable bonds is 3. The van der Waals surface area contributed by atoms with Crippen LogP contribution in [-0.2, 0) is 0 Å². The topological polar surface area (TPSA) is 34.2 Å². The average Bonchev–Trinajstić information content (AvgIpc) is 2.31. The van der Waals surface area contributed by atoms with Crippen LogP contribution >= 0.6 is 0 Å². The maximum Gasteiger partial charge on any atom is 0.149 e. The molecular weight excluding hydrogens is 207 g/mol. The molecule has 0 unspecified atom stereocenters. The van der Waals surface area contributed by atoms with Crippen LogP contribution in [0.2, 0.25) is 0 Å². The zero-order valence-corrected chi connectivity index (χ0v) is 9.25. The molecule has 3 nitrogen and oxygen atoms in total. The first-order valence-electron chi connectivity index (χ1n) is 5.13. The highest BCUT2D eigenvalue weighted by atomic mass is 19.1. The molecule has 2 aromatic rings. The molecule has 2 rings (SSSR count). The van der Waals surface area contributed by atoms with Crippen LogP contribution in [0.5, 0.6) is 5.75 Å². The standard InChI is InChI=1S/C12H13FN2O/c1-3-14-9-6-7-15-12-8(13)4-5-10(16-2)11(9)12/h4-7H,3H2,1-2H3,(H,14,15). The molecule has 0 aliphatic carbocycles. The number of halogens is 1. The fourth-order valence-electron chi connectivity index (χ4n) is 1.71. The first-order valence-corrected chi connectivity index (χ1v) is 5.13. The van der Waals surface area contributed by atoms with E-state index in [-0.39, 0.29) is 5.82 Å². The molecule has 0 spiro atoms. The van der Waals surface area contributed by atoms with Gasteiger partial charge in [-0.1, -0.05) is 0 Å². The van der Waals surface area contributed by atoms with Crippen molar-refractivity contribution in [1.82, 2.24) is 4.98 Å². The Morgan fingerprint density at radius 1 is 1.38 bits per heavy atom. The van der Waals surface area contributed by atoms with Crippen molar-refractivity contribution in [3.63, 3.8) is 0 Å². The van der Waals surface area contributed by atoms with E-state index in [0.29, 0.717) is 16.7 Å². The third-order valence-electron chi connectivity index (χ3n) is 2.39. The van der Waals surface area contributed by atoms with Gasteiger partial charge in [-0.15, -0.1) is 0 Å². The van der Waals surface area contributed by atoms with Gasteiger partial charge in [-0.05, 0) is 25.1 Å². The van der Waals surface area contributed by atoms with E-state index in [2.05, 4.69) is 10.3 Å². The molecule has 0 saturated heterocycles. The van der Waals surface area contributed by atoms with Gasteiger partial charge in [-0.2, -0.15) is 0 Å². The number of benzene rings is 1. The van der Waals surface area contributed by atoms with Gasteiger partial charge in [0, 0.05) is 18.4 Å². The molecule has 1 aromatic carbocycles. The maximum absolute atomic E-state index is 13.6. The Morgan fingerprint density at radius 3 is 2.88 bits per heavy atom. The van der Waals surface area contributed by atoms with Crippen LogP contribution in [0.3, 0.4) is 0 Å². The molecule has 0 saturated carbocycles. The predicted molar refractivity (Wildman–Crippen MR) is 62.4 cm³/mol. The number of fused-ring (bicyclic) bond motifs is 1. The molecule has 16 heavy (non-hydrogen) atoms. The van der Waals surface area contributed by atoms with Crippen LogP contribution in [-0.4, -0.2) is 18.6 Å². The largest absolute Gasteiger partial charge is 0.496 e. The summed E-state index contributed by atoms with van der Waals surface area (Å²) in [5.41, 5.74) is 1.17. The molecule has 0 radical (unpaired) electrons. The second kappa shape index (κ2) is 4.35. The number of nitrogens with zero attached hydrogens (tertiary/aromatic N) is 1. The summed E-state index contributed by atoms with van der Waals surface area (Å²) >= 11 is 0. The molecule has 1 aromatic heterocycles. The van der Waals surface area contributed by atoms with Gasteiger partial charge in [-0.3, -0.25) is 4.98 Å². The quantitative estimate of drug-likeness (QED) is 0.863. The first kappa shape index (κ1) is 10.7. The van der Waals surface area contributed by atoms with E-state index in [4.69, 9.17) is 4.74 Å². The van der Waals surface area contributed by atoms with E-state index in [1.807, 2.05) is 13.0 Å². The van der Waals surface area contributed by atoms with Crippen molar-refractivity contribution in [3.05, 3.63) is 30.2 Å². The van der Waals surface area contributed by atoms with Crippen molar-refractivity contribution in [1.29, 1.82) is 0 Å². The second-order valence-electron chi connectivity index (χ2n) is 3.36. The molecule has 0 amide bonds. The zero-order chi connectivity index (χ0) is 11.5. The minimum absolute atomic E-state index is 0.331. The number of hydrogen-bond acceptors (Lipinski definition) is 3. The second-order valence-corrected chi connectivity index (χ2v) is 3.36. The summed E-state index contributed by atoms with van der Waals surface area (Å²) < 4.78 is 18.8. The summed E-state index contributed by atoms with van der Waals surface area (Å²) in [5, 5.41) is 3.85. The van der Waals surface area contributed by atoms with Crippen LogP contribution in [0.15, 0.2) is 24.4 Å². The lowest BCUT2D eigenvalue weighted by molar-refractivity contribution is 0.419. The zero-order valence-electron chi connectivity index (χ0n) is 9.25. The van der Waals surface area contributed by atoms with E-state index >= 15 is 0 Å². The molecule has 0 fully saturated rings. The van der Waals surface area contributed by atoms with Crippen molar-refractivity contribution in [2.24, 2.45) is 0 Å². The Hall–Kier alpha value is -1.84. The summed E-state index contributed by atoms with van der Waals surface area (Å²) in [6.45, 7) is 2.75. The maximum atomic E-state index is 13.6.